The Morgan fingerprint density at radius 2 is 1.96 bits per heavy atom. The number of anilines is 1. The summed E-state index contributed by atoms with van der Waals surface area (Å²) in [5.41, 5.74) is 0.473. The highest BCUT2D eigenvalue weighted by molar-refractivity contribution is 6.42. The Kier molecular flexibility index (Phi) is 8.33. The maximum absolute atomic E-state index is 12.0. The Morgan fingerprint density at radius 1 is 1.26 bits per heavy atom. The fourth-order valence-corrected chi connectivity index (χ4v) is 2.19. The van der Waals surface area contributed by atoms with Gasteiger partial charge in [-0.2, -0.15) is 0 Å². The van der Waals surface area contributed by atoms with Crippen molar-refractivity contribution in [2.45, 2.75) is 18.9 Å². The molecule has 0 aliphatic heterocycles. The number of carboxylic acid groups (broad SMARTS) is 1. The van der Waals surface area contributed by atoms with Crippen LogP contribution in [0.3, 0.4) is 0 Å². The monoisotopic (exact) mass is 361 g/mol. The standard InChI is InChI=1S/C15H21Cl2N3O3/c1-20(2)7-3-6-18-13(15(22)23)9-14(21)19-10-4-5-11(16)12(17)8-10/h4-5,8,13,18H,3,6-7,9H2,1-2H3,(H,19,21)(H,22,23). The van der Waals surface area contributed by atoms with Crippen LogP contribution in [0.15, 0.2) is 18.2 Å². The number of carbonyl (C=O) groups excluding carboxylic acids is 1. The molecule has 0 radical (unpaired) electrons. The van der Waals surface area contributed by atoms with E-state index in [1.807, 2.05) is 19.0 Å². The third-order valence-electron chi connectivity index (χ3n) is 3.06. The molecule has 1 aromatic rings. The van der Waals surface area contributed by atoms with Crippen molar-refractivity contribution in [2.75, 3.05) is 32.5 Å². The van der Waals surface area contributed by atoms with Crippen LogP contribution in [0.25, 0.3) is 0 Å². The number of halogens is 2. The number of hydrogen-bond acceptors (Lipinski definition) is 4. The smallest absolute Gasteiger partial charge is 0.321 e. The first-order chi connectivity index (χ1) is 10.8. The highest BCUT2D eigenvalue weighted by Gasteiger charge is 2.20. The third kappa shape index (κ3) is 7.65. The van der Waals surface area contributed by atoms with Crippen molar-refractivity contribution in [3.63, 3.8) is 0 Å². The van der Waals surface area contributed by atoms with Gasteiger partial charge in [-0.05, 0) is 51.8 Å². The largest absolute Gasteiger partial charge is 0.480 e. The first-order valence-corrected chi connectivity index (χ1v) is 7.91. The molecule has 1 unspecified atom stereocenters. The van der Waals surface area contributed by atoms with E-state index in [1.54, 1.807) is 12.1 Å². The number of nitrogens with zero attached hydrogens (tertiary/aromatic N) is 1. The summed E-state index contributed by atoms with van der Waals surface area (Å²) in [6, 6.07) is 3.75. The first-order valence-electron chi connectivity index (χ1n) is 7.15. The summed E-state index contributed by atoms with van der Waals surface area (Å²) >= 11 is 11.7. The van der Waals surface area contributed by atoms with E-state index in [2.05, 4.69) is 10.6 Å². The Hall–Kier alpha value is -1.34. The highest BCUT2D eigenvalue weighted by atomic mass is 35.5. The Labute approximate surface area is 145 Å². The Bertz CT molecular complexity index is 553. The average Bonchev–Trinajstić information content (AvgIpc) is 2.45. The molecule has 1 atom stereocenters. The van der Waals surface area contributed by atoms with Gasteiger partial charge in [0.1, 0.15) is 6.04 Å². The molecule has 1 rings (SSSR count). The summed E-state index contributed by atoms with van der Waals surface area (Å²) in [4.78, 5) is 25.2. The van der Waals surface area contributed by atoms with E-state index in [1.165, 1.54) is 6.07 Å². The molecule has 0 bridgehead atoms. The summed E-state index contributed by atoms with van der Waals surface area (Å²) in [5, 5.41) is 15.4. The predicted octanol–water partition coefficient (Wildman–Crippen LogP) is 2.32. The lowest BCUT2D eigenvalue weighted by atomic mass is 10.2. The van der Waals surface area contributed by atoms with E-state index in [0.29, 0.717) is 22.3 Å². The average molecular weight is 362 g/mol. The lowest BCUT2D eigenvalue weighted by Gasteiger charge is -2.15. The van der Waals surface area contributed by atoms with Crippen LogP contribution in [-0.2, 0) is 9.59 Å². The lowest BCUT2D eigenvalue weighted by Crippen LogP contribution is -2.40. The van der Waals surface area contributed by atoms with Crippen molar-refractivity contribution >= 4 is 40.8 Å². The zero-order valence-corrected chi connectivity index (χ0v) is 14.6. The SMILES string of the molecule is CN(C)CCCNC(CC(=O)Nc1ccc(Cl)c(Cl)c1)C(=O)O. The van der Waals surface area contributed by atoms with Gasteiger partial charge in [-0.1, -0.05) is 23.2 Å². The molecule has 1 amide bonds. The molecule has 0 spiro atoms. The third-order valence-corrected chi connectivity index (χ3v) is 3.80. The molecule has 0 saturated carbocycles. The van der Waals surface area contributed by atoms with Crippen LogP contribution >= 0.6 is 23.2 Å². The number of benzene rings is 1. The van der Waals surface area contributed by atoms with E-state index >= 15 is 0 Å². The van der Waals surface area contributed by atoms with Crippen molar-refractivity contribution in [1.82, 2.24) is 10.2 Å². The molecule has 0 aliphatic rings. The molecular formula is C15H21Cl2N3O3. The zero-order chi connectivity index (χ0) is 17.4. The number of hydrogen-bond donors (Lipinski definition) is 3. The molecule has 3 N–H and O–H groups in total. The minimum Gasteiger partial charge on any atom is -0.480 e. The molecule has 8 heteroatoms. The Balaban J connectivity index is 2.50. The fourth-order valence-electron chi connectivity index (χ4n) is 1.89. The van der Waals surface area contributed by atoms with Crippen LogP contribution in [0, 0.1) is 0 Å². The molecule has 0 aromatic heterocycles. The number of nitrogens with one attached hydrogen (secondary N) is 2. The maximum Gasteiger partial charge on any atom is 0.321 e. The van der Waals surface area contributed by atoms with Gasteiger partial charge >= 0.3 is 5.97 Å². The molecule has 23 heavy (non-hydrogen) atoms. The van der Waals surface area contributed by atoms with Crippen LogP contribution in [0.4, 0.5) is 5.69 Å². The molecule has 1 aromatic carbocycles. The van der Waals surface area contributed by atoms with E-state index in [9.17, 15) is 14.7 Å². The fraction of sp³-hybridized carbons (Fsp3) is 0.467. The lowest BCUT2D eigenvalue weighted by molar-refractivity contribution is -0.141. The number of rotatable bonds is 9. The van der Waals surface area contributed by atoms with Gasteiger partial charge in [0, 0.05) is 5.69 Å². The van der Waals surface area contributed by atoms with Crippen LogP contribution in [-0.4, -0.2) is 55.1 Å². The van der Waals surface area contributed by atoms with E-state index in [0.717, 1.165) is 13.0 Å². The van der Waals surface area contributed by atoms with Crippen molar-refractivity contribution in [2.24, 2.45) is 0 Å². The van der Waals surface area contributed by atoms with Gasteiger partial charge in [0.05, 0.1) is 16.5 Å². The molecular weight excluding hydrogens is 341 g/mol. The summed E-state index contributed by atoms with van der Waals surface area (Å²) in [7, 11) is 3.89. The van der Waals surface area contributed by atoms with Gasteiger partial charge in [-0.3, -0.25) is 9.59 Å². The van der Waals surface area contributed by atoms with Gasteiger partial charge < -0.3 is 20.6 Å². The van der Waals surface area contributed by atoms with Gasteiger partial charge in [0.15, 0.2) is 0 Å². The number of aliphatic carboxylic acids is 1. The van der Waals surface area contributed by atoms with Crippen molar-refractivity contribution < 1.29 is 14.7 Å². The summed E-state index contributed by atoms with van der Waals surface area (Å²) < 4.78 is 0. The first kappa shape index (κ1) is 19.7. The van der Waals surface area contributed by atoms with Gasteiger partial charge in [-0.25, -0.2) is 0 Å². The van der Waals surface area contributed by atoms with E-state index in [-0.39, 0.29) is 6.42 Å². The molecule has 0 saturated heterocycles. The Morgan fingerprint density at radius 3 is 2.52 bits per heavy atom. The van der Waals surface area contributed by atoms with Crippen LogP contribution in [0.5, 0.6) is 0 Å². The summed E-state index contributed by atoms with van der Waals surface area (Å²) in [6.45, 7) is 1.37. The van der Waals surface area contributed by atoms with Crippen LogP contribution in [0.2, 0.25) is 10.0 Å². The second-order valence-electron chi connectivity index (χ2n) is 5.38. The molecule has 0 heterocycles. The molecule has 0 fully saturated rings. The topological polar surface area (TPSA) is 81.7 Å². The minimum absolute atomic E-state index is 0.169. The quantitative estimate of drug-likeness (QED) is 0.588. The number of carbonyl (C=O) groups is 2. The van der Waals surface area contributed by atoms with Crippen LogP contribution < -0.4 is 10.6 Å². The summed E-state index contributed by atoms with van der Waals surface area (Å²) in [6.07, 6.45) is 0.628. The number of amides is 1. The summed E-state index contributed by atoms with van der Waals surface area (Å²) in [5.74, 6) is -1.46. The van der Waals surface area contributed by atoms with Gasteiger partial charge in [-0.15, -0.1) is 0 Å². The molecule has 6 nitrogen and oxygen atoms in total. The van der Waals surface area contributed by atoms with Crippen molar-refractivity contribution in [1.29, 1.82) is 0 Å². The maximum atomic E-state index is 12.0. The number of carboxylic acids is 1. The molecule has 0 aliphatic carbocycles. The highest BCUT2D eigenvalue weighted by Crippen LogP contribution is 2.25. The van der Waals surface area contributed by atoms with E-state index < -0.39 is 17.9 Å². The normalized spacial score (nSPS) is 12.2. The second kappa shape index (κ2) is 9.72. The predicted molar refractivity (Wildman–Crippen MR) is 92.3 cm³/mol. The van der Waals surface area contributed by atoms with E-state index in [4.69, 9.17) is 23.2 Å². The van der Waals surface area contributed by atoms with Crippen molar-refractivity contribution in [3.05, 3.63) is 28.2 Å². The molecule has 128 valence electrons. The second-order valence-corrected chi connectivity index (χ2v) is 6.20. The zero-order valence-electron chi connectivity index (χ0n) is 13.1. The van der Waals surface area contributed by atoms with Gasteiger partial charge in [0.2, 0.25) is 5.91 Å². The minimum atomic E-state index is -1.06. The van der Waals surface area contributed by atoms with Crippen molar-refractivity contribution in [3.8, 4) is 0 Å². The van der Waals surface area contributed by atoms with Gasteiger partial charge in [0.25, 0.3) is 0 Å². The van der Waals surface area contributed by atoms with Crippen LogP contribution in [0.1, 0.15) is 12.8 Å².